The number of nitrogens with one attached hydrogen (secondary N) is 1. The zero-order valence-electron chi connectivity index (χ0n) is 16.5. The topological polar surface area (TPSA) is 109 Å². The molecule has 1 atom stereocenters. The quantitative estimate of drug-likeness (QED) is 0.560. The number of cyclic esters (lactones) is 1. The van der Waals surface area contributed by atoms with Gasteiger partial charge in [0.25, 0.3) is 0 Å². The van der Waals surface area contributed by atoms with E-state index in [1.165, 1.54) is 17.9 Å². The predicted octanol–water partition coefficient (Wildman–Crippen LogP) is 1.55. The van der Waals surface area contributed by atoms with Gasteiger partial charge in [-0.25, -0.2) is 14.0 Å². The van der Waals surface area contributed by atoms with E-state index < -0.39 is 23.9 Å². The van der Waals surface area contributed by atoms with E-state index >= 15 is 0 Å². The number of nitrogens with two attached hydrogens (primary N) is 1. The van der Waals surface area contributed by atoms with Crippen molar-refractivity contribution in [1.82, 2.24) is 5.32 Å². The van der Waals surface area contributed by atoms with Gasteiger partial charge in [0.05, 0.1) is 31.0 Å². The lowest BCUT2D eigenvalue weighted by Crippen LogP contribution is -2.33. The number of nitrogens with zero attached hydrogens (tertiary/aromatic N) is 3. The van der Waals surface area contributed by atoms with Gasteiger partial charge in [-0.15, -0.1) is 0 Å². The number of halogens is 1. The van der Waals surface area contributed by atoms with Gasteiger partial charge in [-0.3, -0.25) is 14.5 Å². The molecule has 1 aromatic rings. The zero-order chi connectivity index (χ0) is 21.8. The summed E-state index contributed by atoms with van der Waals surface area (Å²) in [5.41, 5.74) is 6.63. The van der Waals surface area contributed by atoms with Crippen LogP contribution in [0.4, 0.5) is 20.6 Å². The summed E-state index contributed by atoms with van der Waals surface area (Å²) in [4.78, 5) is 40.8. The molecular weight excluding hydrogens is 393 g/mol. The van der Waals surface area contributed by atoms with Crippen LogP contribution in [0.15, 0.2) is 29.5 Å². The molecule has 30 heavy (non-hydrogen) atoms. The minimum Gasteiger partial charge on any atom is -0.442 e. The molecule has 0 radical (unpaired) electrons. The van der Waals surface area contributed by atoms with Crippen LogP contribution in [0.1, 0.15) is 19.8 Å². The van der Waals surface area contributed by atoms with Crippen LogP contribution in [0.25, 0.3) is 4.85 Å². The second-order valence-corrected chi connectivity index (χ2v) is 7.10. The third-order valence-electron chi connectivity index (χ3n) is 5.08. The largest absolute Gasteiger partial charge is 0.442 e. The number of carbonyl (C=O) groups is 3. The van der Waals surface area contributed by atoms with E-state index in [1.54, 1.807) is 12.1 Å². The van der Waals surface area contributed by atoms with Crippen LogP contribution in [0.5, 0.6) is 0 Å². The van der Waals surface area contributed by atoms with Crippen molar-refractivity contribution >= 4 is 29.3 Å². The summed E-state index contributed by atoms with van der Waals surface area (Å²) in [6.07, 6.45) is -0.197. The number of hydrogen-bond acceptors (Lipinski definition) is 5. The molecule has 2 saturated heterocycles. The minimum atomic E-state index is -0.738. The van der Waals surface area contributed by atoms with E-state index in [2.05, 4.69) is 10.2 Å². The molecule has 1 aromatic carbocycles. The van der Waals surface area contributed by atoms with Crippen LogP contribution in [0.3, 0.4) is 0 Å². The van der Waals surface area contributed by atoms with Gasteiger partial charge >= 0.3 is 6.09 Å². The van der Waals surface area contributed by atoms with Crippen molar-refractivity contribution in [1.29, 1.82) is 0 Å². The molecule has 3 N–H and O–H groups in total. The molecule has 0 bridgehead atoms. The van der Waals surface area contributed by atoms with Crippen molar-refractivity contribution in [3.8, 4) is 0 Å². The summed E-state index contributed by atoms with van der Waals surface area (Å²) in [5.74, 6) is -1.45. The third kappa shape index (κ3) is 4.51. The van der Waals surface area contributed by atoms with Gasteiger partial charge in [0.2, 0.25) is 17.5 Å². The van der Waals surface area contributed by atoms with Gasteiger partial charge in [-0.1, -0.05) is 5.57 Å². The number of primary amides is 1. The Balaban J connectivity index is 1.68. The molecule has 0 aromatic heterocycles. The molecule has 0 unspecified atom stereocenters. The third-order valence-corrected chi connectivity index (χ3v) is 5.08. The molecule has 0 saturated carbocycles. The van der Waals surface area contributed by atoms with Crippen molar-refractivity contribution in [3.05, 3.63) is 46.7 Å². The fraction of sp³-hybridized carbons (Fsp3) is 0.400. The molecule has 9 nitrogen and oxygen atoms in total. The van der Waals surface area contributed by atoms with Crippen LogP contribution in [-0.2, 0) is 14.3 Å². The Morgan fingerprint density at radius 2 is 2.07 bits per heavy atom. The summed E-state index contributed by atoms with van der Waals surface area (Å²) < 4.78 is 20.0. The standard InChI is InChI=1S/C20H22FN5O4/c1-12(27)24-10-15-11-26(20(29)30-15)14-3-4-17(16(21)9-14)25-7-5-13(6-8-25)18(23-2)19(22)28/h3-4,9,15H,5-8,10-11H2,1H3,(H2,22,28)(H,24,27)/t15-/m0/s1. The van der Waals surface area contributed by atoms with E-state index in [9.17, 15) is 18.8 Å². The number of amides is 3. The van der Waals surface area contributed by atoms with Gasteiger partial charge in [-0.05, 0) is 31.0 Å². The second-order valence-electron chi connectivity index (χ2n) is 7.10. The lowest BCUT2D eigenvalue weighted by atomic mass is 10.0. The molecule has 3 rings (SSSR count). The summed E-state index contributed by atoms with van der Waals surface area (Å²) in [5, 5.41) is 2.59. The van der Waals surface area contributed by atoms with Crippen LogP contribution >= 0.6 is 0 Å². The molecule has 2 fully saturated rings. The average molecular weight is 415 g/mol. The zero-order valence-corrected chi connectivity index (χ0v) is 16.5. The van der Waals surface area contributed by atoms with Crippen molar-refractivity contribution in [2.24, 2.45) is 5.73 Å². The summed E-state index contributed by atoms with van der Waals surface area (Å²) in [6.45, 7) is 9.76. The number of ether oxygens (including phenoxy) is 1. The first kappa shape index (κ1) is 21.1. The number of rotatable bonds is 5. The Labute approximate surface area is 173 Å². The molecular formula is C20H22FN5O4. The fourth-order valence-corrected chi connectivity index (χ4v) is 3.58. The van der Waals surface area contributed by atoms with E-state index in [4.69, 9.17) is 17.0 Å². The van der Waals surface area contributed by atoms with Crippen LogP contribution < -0.4 is 20.9 Å². The Bertz CT molecular complexity index is 945. The molecule has 0 spiro atoms. The molecule has 158 valence electrons. The van der Waals surface area contributed by atoms with Crippen molar-refractivity contribution < 1.29 is 23.5 Å². The van der Waals surface area contributed by atoms with Gasteiger partial charge < -0.3 is 20.7 Å². The number of benzene rings is 1. The van der Waals surface area contributed by atoms with Crippen molar-refractivity contribution in [3.63, 3.8) is 0 Å². The second kappa shape index (κ2) is 8.82. The number of hydrogen-bond donors (Lipinski definition) is 2. The lowest BCUT2D eigenvalue weighted by molar-refractivity contribution is -0.119. The van der Waals surface area contributed by atoms with Crippen LogP contribution in [0, 0.1) is 12.4 Å². The first-order valence-corrected chi connectivity index (χ1v) is 9.46. The molecule has 0 aliphatic carbocycles. The predicted molar refractivity (Wildman–Crippen MR) is 107 cm³/mol. The fourth-order valence-electron chi connectivity index (χ4n) is 3.58. The summed E-state index contributed by atoms with van der Waals surface area (Å²) in [6, 6.07) is 4.51. The SMILES string of the molecule is [C-]#[N+]C(C(N)=O)=C1CCN(c2ccc(N3C[C@H](CNC(C)=O)OC3=O)cc2F)CC1. The Morgan fingerprint density at radius 3 is 2.63 bits per heavy atom. The maximum atomic E-state index is 14.8. The minimum absolute atomic E-state index is 0.0353. The monoisotopic (exact) mass is 415 g/mol. The van der Waals surface area contributed by atoms with E-state index in [1.807, 2.05) is 4.90 Å². The Morgan fingerprint density at radius 1 is 1.37 bits per heavy atom. The van der Waals surface area contributed by atoms with Crippen molar-refractivity contribution in [2.75, 3.05) is 36.0 Å². The van der Waals surface area contributed by atoms with Crippen LogP contribution in [0.2, 0.25) is 0 Å². The molecule has 3 amide bonds. The van der Waals surface area contributed by atoms with E-state index in [0.29, 0.717) is 42.9 Å². The number of piperidine rings is 1. The first-order valence-electron chi connectivity index (χ1n) is 9.46. The van der Waals surface area contributed by atoms with E-state index in [0.717, 1.165) is 0 Å². The van der Waals surface area contributed by atoms with Gasteiger partial charge in [0, 0.05) is 20.0 Å². The average Bonchev–Trinajstić information content (AvgIpc) is 3.08. The molecule has 2 aliphatic heterocycles. The Kier molecular flexibility index (Phi) is 6.20. The maximum absolute atomic E-state index is 14.8. The van der Waals surface area contributed by atoms with Gasteiger partial charge in [0.15, 0.2) is 0 Å². The summed E-state index contributed by atoms with van der Waals surface area (Å²) >= 11 is 0. The van der Waals surface area contributed by atoms with Crippen molar-refractivity contribution in [2.45, 2.75) is 25.9 Å². The molecule has 2 heterocycles. The highest BCUT2D eigenvalue weighted by atomic mass is 19.1. The number of anilines is 2. The van der Waals surface area contributed by atoms with E-state index in [-0.39, 0.29) is 24.7 Å². The lowest BCUT2D eigenvalue weighted by Gasteiger charge is -2.31. The highest BCUT2D eigenvalue weighted by molar-refractivity contribution is 5.94. The first-order chi connectivity index (χ1) is 14.3. The highest BCUT2D eigenvalue weighted by Gasteiger charge is 2.33. The smallest absolute Gasteiger partial charge is 0.414 e. The highest BCUT2D eigenvalue weighted by Crippen LogP contribution is 2.31. The van der Waals surface area contributed by atoms with Gasteiger partial charge in [0.1, 0.15) is 11.9 Å². The number of carbonyl (C=O) groups excluding carboxylic acids is 3. The normalized spacial score (nSPS) is 18.6. The Hall–Kier alpha value is -3.61. The molecule has 2 aliphatic rings. The molecule has 10 heteroatoms. The summed E-state index contributed by atoms with van der Waals surface area (Å²) in [7, 11) is 0. The van der Waals surface area contributed by atoms with Gasteiger partial charge in [-0.2, -0.15) is 0 Å². The maximum Gasteiger partial charge on any atom is 0.414 e. The van der Waals surface area contributed by atoms with Crippen LogP contribution in [-0.4, -0.2) is 50.2 Å².